The topological polar surface area (TPSA) is 83.0 Å². The summed E-state index contributed by atoms with van der Waals surface area (Å²) in [6, 6.07) is 6.21. The van der Waals surface area contributed by atoms with Crippen molar-refractivity contribution in [1.29, 1.82) is 0 Å². The number of ether oxygens (including phenoxy) is 1. The number of unbranched alkanes of at least 4 members (excludes halogenated alkanes) is 2. The van der Waals surface area contributed by atoms with Gasteiger partial charge in [0, 0.05) is 38.8 Å². The third-order valence-electron chi connectivity index (χ3n) is 4.75. The van der Waals surface area contributed by atoms with E-state index >= 15 is 0 Å². The molecule has 0 saturated carbocycles. The Morgan fingerprint density at radius 1 is 1.29 bits per heavy atom. The Kier molecular flexibility index (Phi) is 9.05. The van der Waals surface area contributed by atoms with Gasteiger partial charge in [-0.15, -0.1) is 0 Å². The lowest BCUT2D eigenvalue weighted by Crippen LogP contribution is -2.41. The largest absolute Gasteiger partial charge is 0.493 e. The third kappa shape index (κ3) is 6.98. The van der Waals surface area contributed by atoms with Gasteiger partial charge in [-0.05, 0) is 31.4 Å². The Bertz CT molecular complexity index is 750. The molecule has 0 amide bonds. The van der Waals surface area contributed by atoms with E-state index < -0.39 is 10.0 Å². The lowest BCUT2D eigenvalue weighted by atomic mass is 10.1. The van der Waals surface area contributed by atoms with Crippen LogP contribution in [0.15, 0.2) is 23.2 Å². The predicted octanol–water partition coefficient (Wildman–Crippen LogP) is 2.26. The van der Waals surface area contributed by atoms with E-state index in [0.717, 1.165) is 24.3 Å². The molecule has 1 heterocycles. The number of hydrogen-bond donors (Lipinski definition) is 2. The van der Waals surface area contributed by atoms with Crippen molar-refractivity contribution in [3.8, 4) is 5.75 Å². The maximum absolute atomic E-state index is 11.8. The van der Waals surface area contributed by atoms with E-state index in [-0.39, 0.29) is 5.75 Å². The summed E-state index contributed by atoms with van der Waals surface area (Å²) in [6.45, 7) is 7.14. The molecule has 2 rings (SSSR count). The number of benzene rings is 1. The van der Waals surface area contributed by atoms with Gasteiger partial charge in [0.25, 0.3) is 0 Å². The van der Waals surface area contributed by atoms with E-state index in [1.165, 1.54) is 22.7 Å². The molecule has 1 aromatic rings. The van der Waals surface area contributed by atoms with Crippen molar-refractivity contribution in [1.82, 2.24) is 14.9 Å². The number of aryl methyl sites for hydroxylation is 1. The number of rotatable bonds is 10. The smallest absolute Gasteiger partial charge is 0.214 e. The molecule has 28 heavy (non-hydrogen) atoms. The summed E-state index contributed by atoms with van der Waals surface area (Å²) in [5.74, 6) is 1.81. The Balaban J connectivity index is 1.83. The van der Waals surface area contributed by atoms with E-state index in [1.54, 1.807) is 7.05 Å². The summed E-state index contributed by atoms with van der Waals surface area (Å²) in [5.41, 5.74) is 2.25. The van der Waals surface area contributed by atoms with Gasteiger partial charge >= 0.3 is 0 Å². The van der Waals surface area contributed by atoms with Crippen LogP contribution in [-0.2, 0) is 16.6 Å². The van der Waals surface area contributed by atoms with Gasteiger partial charge < -0.3 is 15.4 Å². The lowest BCUT2D eigenvalue weighted by molar-refractivity contribution is 0.303. The highest BCUT2D eigenvalue weighted by atomic mass is 32.2. The molecule has 1 saturated heterocycles. The van der Waals surface area contributed by atoms with Gasteiger partial charge in [0.05, 0.1) is 12.4 Å². The molecule has 1 fully saturated rings. The zero-order valence-electron chi connectivity index (χ0n) is 17.3. The Morgan fingerprint density at radius 2 is 2.11 bits per heavy atom. The Hall–Kier alpha value is -1.80. The van der Waals surface area contributed by atoms with Crippen molar-refractivity contribution < 1.29 is 13.2 Å². The lowest BCUT2D eigenvalue weighted by Gasteiger charge is -2.17. The highest BCUT2D eigenvalue weighted by molar-refractivity contribution is 7.89. The second kappa shape index (κ2) is 11.3. The van der Waals surface area contributed by atoms with Crippen LogP contribution in [0.4, 0.5) is 0 Å². The van der Waals surface area contributed by atoms with Crippen molar-refractivity contribution in [2.45, 2.75) is 46.1 Å². The number of nitrogens with zero attached hydrogens (tertiary/aromatic N) is 2. The molecule has 1 aliphatic heterocycles. The quantitative estimate of drug-likeness (QED) is 0.351. The van der Waals surface area contributed by atoms with Gasteiger partial charge in [-0.25, -0.2) is 12.7 Å². The molecule has 7 nitrogen and oxygen atoms in total. The molecule has 0 aromatic heterocycles. The van der Waals surface area contributed by atoms with Gasteiger partial charge in [0.1, 0.15) is 5.75 Å². The molecule has 0 unspecified atom stereocenters. The molecule has 1 aromatic carbocycles. The number of nitrogens with one attached hydrogen (secondary N) is 2. The standard InChI is InChI=1S/C20H34N4O3S/c1-4-5-6-13-27-19-15-17(2)8-9-18(19)16-23-20(21-3)22-10-12-24-11-7-14-28(24,25)26/h8-9,15H,4-7,10-14,16H2,1-3H3,(H2,21,22,23). The van der Waals surface area contributed by atoms with Crippen LogP contribution in [0.5, 0.6) is 5.75 Å². The molecule has 0 radical (unpaired) electrons. The van der Waals surface area contributed by atoms with Crippen LogP contribution in [0, 0.1) is 6.92 Å². The molecular weight excluding hydrogens is 376 g/mol. The highest BCUT2D eigenvalue weighted by Crippen LogP contribution is 2.20. The van der Waals surface area contributed by atoms with E-state index in [1.807, 2.05) is 0 Å². The minimum Gasteiger partial charge on any atom is -0.493 e. The van der Waals surface area contributed by atoms with Crippen LogP contribution < -0.4 is 15.4 Å². The summed E-state index contributed by atoms with van der Waals surface area (Å²) in [4.78, 5) is 4.22. The van der Waals surface area contributed by atoms with Crippen molar-refractivity contribution in [2.24, 2.45) is 4.99 Å². The fourth-order valence-electron chi connectivity index (χ4n) is 3.12. The molecule has 0 bridgehead atoms. The zero-order chi connectivity index (χ0) is 20.4. The predicted molar refractivity (Wildman–Crippen MR) is 114 cm³/mol. The summed E-state index contributed by atoms with van der Waals surface area (Å²) < 4.78 is 31.2. The Morgan fingerprint density at radius 3 is 2.79 bits per heavy atom. The number of aliphatic imine (C=N–C) groups is 1. The van der Waals surface area contributed by atoms with Crippen LogP contribution in [0.25, 0.3) is 0 Å². The minimum absolute atomic E-state index is 0.258. The fourth-order valence-corrected chi connectivity index (χ4v) is 4.65. The van der Waals surface area contributed by atoms with Crippen LogP contribution in [0.2, 0.25) is 0 Å². The van der Waals surface area contributed by atoms with Gasteiger partial charge in [0.2, 0.25) is 10.0 Å². The van der Waals surface area contributed by atoms with Gasteiger partial charge in [-0.2, -0.15) is 0 Å². The van der Waals surface area contributed by atoms with Crippen LogP contribution >= 0.6 is 0 Å². The van der Waals surface area contributed by atoms with Crippen LogP contribution in [0.3, 0.4) is 0 Å². The zero-order valence-corrected chi connectivity index (χ0v) is 18.1. The first-order chi connectivity index (χ1) is 13.5. The molecule has 158 valence electrons. The van der Waals surface area contributed by atoms with E-state index in [9.17, 15) is 8.42 Å². The molecule has 0 atom stereocenters. The average molecular weight is 411 g/mol. The van der Waals surface area contributed by atoms with Crippen molar-refractivity contribution in [2.75, 3.05) is 39.0 Å². The molecule has 8 heteroatoms. The first kappa shape index (κ1) is 22.5. The molecular formula is C20H34N4O3S. The third-order valence-corrected chi connectivity index (χ3v) is 6.71. The molecule has 0 aliphatic carbocycles. The second-order valence-electron chi connectivity index (χ2n) is 7.09. The number of hydrogen-bond acceptors (Lipinski definition) is 4. The Labute approximate surface area is 169 Å². The van der Waals surface area contributed by atoms with Crippen molar-refractivity contribution >= 4 is 16.0 Å². The second-order valence-corrected chi connectivity index (χ2v) is 9.18. The normalized spacial score (nSPS) is 16.9. The summed E-state index contributed by atoms with van der Waals surface area (Å²) in [7, 11) is -1.35. The molecule has 1 aliphatic rings. The van der Waals surface area contributed by atoms with Crippen LogP contribution in [0.1, 0.15) is 43.7 Å². The average Bonchev–Trinajstić information content (AvgIpc) is 3.01. The monoisotopic (exact) mass is 410 g/mol. The fraction of sp³-hybridized carbons (Fsp3) is 0.650. The summed E-state index contributed by atoms with van der Waals surface area (Å²) >= 11 is 0. The minimum atomic E-state index is -3.05. The maximum Gasteiger partial charge on any atom is 0.214 e. The van der Waals surface area contributed by atoms with Gasteiger partial charge in [-0.1, -0.05) is 31.9 Å². The van der Waals surface area contributed by atoms with Crippen molar-refractivity contribution in [3.63, 3.8) is 0 Å². The highest BCUT2D eigenvalue weighted by Gasteiger charge is 2.27. The molecule has 0 spiro atoms. The number of guanidine groups is 1. The van der Waals surface area contributed by atoms with E-state index in [4.69, 9.17) is 4.74 Å². The molecule has 2 N–H and O–H groups in total. The summed E-state index contributed by atoms with van der Waals surface area (Å²) in [6.07, 6.45) is 4.11. The SMILES string of the molecule is CCCCCOc1cc(C)ccc1CNC(=NC)NCCN1CCCS1(=O)=O. The summed E-state index contributed by atoms with van der Waals surface area (Å²) in [5, 5.41) is 6.47. The van der Waals surface area contributed by atoms with Crippen molar-refractivity contribution in [3.05, 3.63) is 29.3 Å². The first-order valence-corrected chi connectivity index (χ1v) is 11.7. The van der Waals surface area contributed by atoms with E-state index in [0.29, 0.717) is 38.6 Å². The van der Waals surface area contributed by atoms with E-state index in [2.05, 4.69) is 47.7 Å². The van der Waals surface area contributed by atoms with Gasteiger partial charge in [0.15, 0.2) is 5.96 Å². The van der Waals surface area contributed by atoms with Crippen LogP contribution in [-0.4, -0.2) is 57.7 Å². The number of sulfonamides is 1. The van der Waals surface area contributed by atoms with Gasteiger partial charge in [-0.3, -0.25) is 4.99 Å². The maximum atomic E-state index is 11.8. The first-order valence-electron chi connectivity index (χ1n) is 10.1.